The molecule has 0 heterocycles. The minimum Gasteiger partial charge on any atom is -0.480 e. The van der Waals surface area contributed by atoms with Gasteiger partial charge in [-0.2, -0.15) is 0 Å². The molecule has 5 heteroatoms. The second-order valence-electron chi connectivity index (χ2n) is 3.08. The number of amides is 2. The molecule has 0 spiro atoms. The lowest BCUT2D eigenvalue weighted by Gasteiger charge is -2.13. The first-order valence-corrected chi connectivity index (χ1v) is 4.89. The Bertz CT molecular complexity index is 194. The summed E-state index contributed by atoms with van der Waals surface area (Å²) in [5.74, 6) is -0.988. The average molecular weight is 202 g/mol. The number of carboxylic acids is 1. The molecular weight excluding hydrogens is 184 g/mol. The van der Waals surface area contributed by atoms with Gasteiger partial charge in [-0.25, -0.2) is 9.59 Å². The van der Waals surface area contributed by atoms with Crippen LogP contribution in [0, 0.1) is 0 Å². The molecular formula is C9H18N2O3. The van der Waals surface area contributed by atoms with E-state index >= 15 is 0 Å². The van der Waals surface area contributed by atoms with Gasteiger partial charge in [-0.3, -0.25) is 0 Å². The van der Waals surface area contributed by atoms with E-state index in [9.17, 15) is 9.59 Å². The van der Waals surface area contributed by atoms with Gasteiger partial charge in [0.05, 0.1) is 0 Å². The number of nitrogens with one attached hydrogen (secondary N) is 2. The molecule has 0 unspecified atom stereocenters. The van der Waals surface area contributed by atoms with Crippen LogP contribution in [-0.2, 0) is 4.79 Å². The maximum absolute atomic E-state index is 11.1. The Hall–Kier alpha value is -1.26. The van der Waals surface area contributed by atoms with E-state index in [1.54, 1.807) is 0 Å². The molecule has 3 N–H and O–H groups in total. The number of urea groups is 1. The fourth-order valence-electron chi connectivity index (χ4n) is 0.994. The van der Waals surface area contributed by atoms with E-state index in [0.717, 1.165) is 12.8 Å². The third-order valence-electron chi connectivity index (χ3n) is 1.72. The summed E-state index contributed by atoms with van der Waals surface area (Å²) in [6.07, 6.45) is 2.01. The van der Waals surface area contributed by atoms with Gasteiger partial charge in [0.25, 0.3) is 0 Å². The van der Waals surface area contributed by atoms with E-state index in [1.807, 2.05) is 13.8 Å². The number of carboxylic acid groups (broad SMARTS) is 1. The SMILES string of the molecule is CCCNC(=O)N[C@@H](CCC)C(=O)O. The number of hydrogen-bond acceptors (Lipinski definition) is 2. The predicted molar refractivity (Wildman–Crippen MR) is 53.2 cm³/mol. The fraction of sp³-hybridized carbons (Fsp3) is 0.778. The van der Waals surface area contributed by atoms with Gasteiger partial charge in [-0.1, -0.05) is 20.3 Å². The number of carbonyl (C=O) groups excluding carboxylic acids is 1. The van der Waals surface area contributed by atoms with E-state index < -0.39 is 18.0 Å². The number of carbonyl (C=O) groups is 2. The third-order valence-corrected chi connectivity index (χ3v) is 1.72. The van der Waals surface area contributed by atoms with Crippen LogP contribution in [0.15, 0.2) is 0 Å². The fourth-order valence-corrected chi connectivity index (χ4v) is 0.994. The molecule has 0 aromatic rings. The standard InChI is InChI=1S/C9H18N2O3/c1-3-5-7(8(12)13)11-9(14)10-6-4-2/h7H,3-6H2,1-2H3,(H,12,13)(H2,10,11,14)/t7-/m0/s1. The molecule has 5 nitrogen and oxygen atoms in total. The maximum Gasteiger partial charge on any atom is 0.326 e. The van der Waals surface area contributed by atoms with Gasteiger partial charge in [-0.05, 0) is 12.8 Å². The molecule has 0 rings (SSSR count). The highest BCUT2D eigenvalue weighted by atomic mass is 16.4. The van der Waals surface area contributed by atoms with Crippen molar-refractivity contribution in [2.24, 2.45) is 0 Å². The quantitative estimate of drug-likeness (QED) is 0.600. The van der Waals surface area contributed by atoms with Crippen LogP contribution >= 0.6 is 0 Å². The van der Waals surface area contributed by atoms with E-state index in [2.05, 4.69) is 10.6 Å². The molecule has 0 aliphatic rings. The van der Waals surface area contributed by atoms with Gasteiger partial charge in [0.15, 0.2) is 0 Å². The zero-order chi connectivity index (χ0) is 11.0. The first-order valence-electron chi connectivity index (χ1n) is 4.89. The number of rotatable bonds is 6. The van der Waals surface area contributed by atoms with Crippen LogP contribution in [0.25, 0.3) is 0 Å². The third kappa shape index (κ3) is 5.40. The summed E-state index contributed by atoms with van der Waals surface area (Å²) >= 11 is 0. The Morgan fingerprint density at radius 3 is 2.36 bits per heavy atom. The van der Waals surface area contributed by atoms with Crippen molar-refractivity contribution in [3.8, 4) is 0 Å². The average Bonchev–Trinajstić information content (AvgIpc) is 2.14. The molecule has 2 amide bonds. The largest absolute Gasteiger partial charge is 0.480 e. The molecule has 0 saturated heterocycles. The predicted octanol–water partition coefficient (Wildman–Crippen LogP) is 0.949. The van der Waals surface area contributed by atoms with Crippen LogP contribution in [0.1, 0.15) is 33.1 Å². The molecule has 0 aromatic carbocycles. The van der Waals surface area contributed by atoms with Crippen LogP contribution in [0.4, 0.5) is 4.79 Å². The summed E-state index contributed by atoms with van der Waals surface area (Å²) in [5, 5.41) is 13.7. The van der Waals surface area contributed by atoms with Gasteiger partial charge >= 0.3 is 12.0 Å². The second kappa shape index (κ2) is 7.17. The molecule has 14 heavy (non-hydrogen) atoms. The molecule has 0 bridgehead atoms. The molecule has 0 fully saturated rings. The second-order valence-corrected chi connectivity index (χ2v) is 3.08. The molecule has 0 aliphatic carbocycles. The Kier molecular flexibility index (Phi) is 6.53. The summed E-state index contributed by atoms with van der Waals surface area (Å²) in [6.45, 7) is 4.37. The Labute approximate surface area is 83.9 Å². The van der Waals surface area contributed by atoms with Gasteiger partial charge in [0.2, 0.25) is 0 Å². The Morgan fingerprint density at radius 2 is 1.93 bits per heavy atom. The van der Waals surface area contributed by atoms with Gasteiger partial charge in [0, 0.05) is 6.54 Å². The highest BCUT2D eigenvalue weighted by Crippen LogP contribution is 1.96. The van der Waals surface area contributed by atoms with Crippen LogP contribution in [0.3, 0.4) is 0 Å². The van der Waals surface area contributed by atoms with Gasteiger partial charge in [0.1, 0.15) is 6.04 Å². The summed E-state index contributed by atoms with van der Waals surface area (Å²) < 4.78 is 0. The monoisotopic (exact) mass is 202 g/mol. The van der Waals surface area contributed by atoms with E-state index in [-0.39, 0.29) is 0 Å². The summed E-state index contributed by atoms with van der Waals surface area (Å²) in [4.78, 5) is 21.8. The lowest BCUT2D eigenvalue weighted by molar-refractivity contribution is -0.139. The van der Waals surface area contributed by atoms with Crippen LogP contribution < -0.4 is 10.6 Å². The first-order chi connectivity index (χ1) is 6.61. The summed E-state index contributed by atoms with van der Waals surface area (Å²) in [6, 6.07) is -1.19. The Balaban J connectivity index is 3.90. The number of hydrogen-bond donors (Lipinski definition) is 3. The van der Waals surface area contributed by atoms with E-state index in [1.165, 1.54) is 0 Å². The van der Waals surface area contributed by atoms with Crippen molar-refractivity contribution in [2.45, 2.75) is 39.2 Å². The zero-order valence-corrected chi connectivity index (χ0v) is 8.67. The highest BCUT2D eigenvalue weighted by Gasteiger charge is 2.17. The molecule has 82 valence electrons. The molecule has 0 aliphatic heterocycles. The van der Waals surface area contributed by atoms with Crippen molar-refractivity contribution in [2.75, 3.05) is 6.54 Å². The van der Waals surface area contributed by atoms with Crippen molar-refractivity contribution < 1.29 is 14.7 Å². The molecule has 0 aromatic heterocycles. The number of aliphatic carboxylic acids is 1. The minimum atomic E-state index is -0.988. The van der Waals surface area contributed by atoms with Crippen molar-refractivity contribution in [3.63, 3.8) is 0 Å². The van der Waals surface area contributed by atoms with Crippen molar-refractivity contribution in [1.29, 1.82) is 0 Å². The summed E-state index contributed by atoms with van der Waals surface area (Å²) in [5.41, 5.74) is 0. The lowest BCUT2D eigenvalue weighted by atomic mass is 10.2. The van der Waals surface area contributed by atoms with Crippen molar-refractivity contribution >= 4 is 12.0 Å². The summed E-state index contributed by atoms with van der Waals surface area (Å²) in [7, 11) is 0. The van der Waals surface area contributed by atoms with Crippen LogP contribution in [0.5, 0.6) is 0 Å². The van der Waals surface area contributed by atoms with Crippen molar-refractivity contribution in [1.82, 2.24) is 10.6 Å². The van der Waals surface area contributed by atoms with Crippen molar-refractivity contribution in [3.05, 3.63) is 0 Å². The highest BCUT2D eigenvalue weighted by molar-refractivity contribution is 5.82. The van der Waals surface area contributed by atoms with Crippen LogP contribution in [0.2, 0.25) is 0 Å². The smallest absolute Gasteiger partial charge is 0.326 e. The van der Waals surface area contributed by atoms with Gasteiger partial charge in [-0.15, -0.1) is 0 Å². The van der Waals surface area contributed by atoms with E-state index in [4.69, 9.17) is 5.11 Å². The van der Waals surface area contributed by atoms with Gasteiger partial charge < -0.3 is 15.7 Å². The first kappa shape index (κ1) is 12.7. The topological polar surface area (TPSA) is 78.4 Å². The Morgan fingerprint density at radius 1 is 1.29 bits per heavy atom. The molecule has 0 saturated carbocycles. The maximum atomic E-state index is 11.1. The molecule has 0 radical (unpaired) electrons. The normalized spacial score (nSPS) is 11.9. The minimum absolute atomic E-state index is 0.410. The van der Waals surface area contributed by atoms with Crippen LogP contribution in [-0.4, -0.2) is 29.7 Å². The zero-order valence-electron chi connectivity index (χ0n) is 8.67. The lowest BCUT2D eigenvalue weighted by Crippen LogP contribution is -2.46. The molecule has 1 atom stereocenters. The van der Waals surface area contributed by atoms with E-state index in [0.29, 0.717) is 13.0 Å².